The normalized spacial score (nSPS) is 25.1. The first-order valence-corrected chi connectivity index (χ1v) is 9.32. The smallest absolute Gasteiger partial charge is 0.152 e. The van der Waals surface area contributed by atoms with Crippen LogP contribution in [0.25, 0.3) is 0 Å². The Morgan fingerprint density at radius 1 is 1.30 bits per heavy atom. The number of ether oxygens (including phenoxy) is 1. The summed E-state index contributed by atoms with van der Waals surface area (Å²) in [6.45, 7) is 12.2. The Morgan fingerprint density at radius 2 is 1.95 bits per heavy atom. The molecule has 0 aromatic carbocycles. The number of rotatable bonds is 6. The molecule has 1 unspecified atom stereocenters. The largest absolute Gasteiger partial charge is 0.381 e. The van der Waals surface area contributed by atoms with Gasteiger partial charge >= 0.3 is 0 Å². The Balaban J connectivity index is 2.69. The summed E-state index contributed by atoms with van der Waals surface area (Å²) in [7, 11) is -2.97. The van der Waals surface area contributed by atoms with Crippen molar-refractivity contribution in [1.82, 2.24) is 5.32 Å². The average molecular weight is 305 g/mol. The molecule has 0 aromatic rings. The van der Waals surface area contributed by atoms with E-state index in [0.717, 1.165) is 26.0 Å². The van der Waals surface area contributed by atoms with E-state index in [1.807, 2.05) is 0 Å². The highest BCUT2D eigenvalue weighted by Crippen LogP contribution is 2.33. The van der Waals surface area contributed by atoms with Gasteiger partial charge in [-0.05, 0) is 53.9 Å². The summed E-state index contributed by atoms with van der Waals surface area (Å²) >= 11 is 0. The number of nitrogens with one attached hydrogen (secondary N) is 1. The first kappa shape index (κ1) is 17.9. The van der Waals surface area contributed by atoms with Crippen LogP contribution in [0.4, 0.5) is 0 Å². The van der Waals surface area contributed by atoms with E-state index >= 15 is 0 Å². The number of sulfone groups is 1. The van der Waals surface area contributed by atoms with Gasteiger partial charge in [0.25, 0.3) is 0 Å². The van der Waals surface area contributed by atoms with Gasteiger partial charge in [-0.2, -0.15) is 0 Å². The molecule has 1 saturated heterocycles. The molecular weight excluding hydrogens is 274 g/mol. The summed E-state index contributed by atoms with van der Waals surface area (Å²) in [6.07, 6.45) is 2.76. The van der Waals surface area contributed by atoms with E-state index in [2.05, 4.69) is 26.1 Å². The van der Waals surface area contributed by atoms with Crippen LogP contribution in [0, 0.1) is 5.41 Å². The van der Waals surface area contributed by atoms with E-state index in [0.29, 0.717) is 13.0 Å². The lowest BCUT2D eigenvalue weighted by Crippen LogP contribution is -2.48. The van der Waals surface area contributed by atoms with Crippen molar-refractivity contribution in [1.29, 1.82) is 0 Å². The highest BCUT2D eigenvalue weighted by Gasteiger charge is 2.35. The van der Waals surface area contributed by atoms with Crippen LogP contribution in [0.2, 0.25) is 0 Å². The van der Waals surface area contributed by atoms with Crippen molar-refractivity contribution in [3.8, 4) is 0 Å². The first-order valence-electron chi connectivity index (χ1n) is 7.61. The van der Waals surface area contributed by atoms with Crippen molar-refractivity contribution < 1.29 is 13.2 Å². The number of hydrogen-bond donors (Lipinski definition) is 1. The molecule has 0 radical (unpaired) electrons. The molecule has 0 bridgehead atoms. The maximum atomic E-state index is 12.1. The van der Waals surface area contributed by atoms with E-state index < -0.39 is 9.84 Å². The Hall–Kier alpha value is -0.130. The lowest BCUT2D eigenvalue weighted by atomic mass is 9.79. The molecule has 1 atom stereocenters. The highest BCUT2D eigenvalue weighted by molar-refractivity contribution is 7.91. The SMILES string of the molecule is CC(C)S(=O)(=O)CCC1(CNC(C)(C)C)CCCOC1. The molecule has 1 aliphatic heterocycles. The lowest BCUT2D eigenvalue weighted by molar-refractivity contribution is -0.0117. The lowest BCUT2D eigenvalue weighted by Gasteiger charge is -2.39. The molecule has 0 aromatic heterocycles. The van der Waals surface area contributed by atoms with Crippen LogP contribution in [0.5, 0.6) is 0 Å². The van der Waals surface area contributed by atoms with Gasteiger partial charge in [-0.1, -0.05) is 0 Å². The molecule has 0 amide bonds. The third-order valence-corrected chi connectivity index (χ3v) is 6.24. The zero-order chi connectivity index (χ0) is 15.4. The van der Waals surface area contributed by atoms with Crippen molar-refractivity contribution in [2.24, 2.45) is 5.41 Å². The summed E-state index contributed by atoms with van der Waals surface area (Å²) in [5, 5.41) is 3.23. The minimum Gasteiger partial charge on any atom is -0.381 e. The highest BCUT2D eigenvalue weighted by atomic mass is 32.2. The molecule has 1 heterocycles. The maximum Gasteiger partial charge on any atom is 0.152 e. The fourth-order valence-electron chi connectivity index (χ4n) is 2.38. The third-order valence-electron chi connectivity index (χ3n) is 4.03. The summed E-state index contributed by atoms with van der Waals surface area (Å²) in [6, 6.07) is 0. The molecule has 0 saturated carbocycles. The third kappa shape index (κ3) is 5.70. The molecule has 4 nitrogen and oxygen atoms in total. The maximum absolute atomic E-state index is 12.1. The molecule has 5 heteroatoms. The van der Waals surface area contributed by atoms with Crippen molar-refractivity contribution in [2.75, 3.05) is 25.5 Å². The zero-order valence-electron chi connectivity index (χ0n) is 13.7. The summed E-state index contributed by atoms with van der Waals surface area (Å²) < 4.78 is 29.8. The molecule has 1 rings (SSSR count). The van der Waals surface area contributed by atoms with Gasteiger partial charge in [0.1, 0.15) is 0 Å². The van der Waals surface area contributed by atoms with Gasteiger partial charge in [0.2, 0.25) is 0 Å². The standard InChI is InChI=1S/C15H31NO3S/c1-13(2)20(17,18)10-8-15(7-6-9-19-12-15)11-16-14(3,4)5/h13,16H,6-12H2,1-5H3. The molecule has 0 aliphatic carbocycles. The van der Waals surface area contributed by atoms with Gasteiger partial charge in [-0.25, -0.2) is 8.42 Å². The van der Waals surface area contributed by atoms with Crippen LogP contribution in [0.3, 0.4) is 0 Å². The van der Waals surface area contributed by atoms with Crippen LogP contribution < -0.4 is 5.32 Å². The molecule has 1 aliphatic rings. The van der Waals surface area contributed by atoms with Crippen LogP contribution >= 0.6 is 0 Å². The molecule has 1 N–H and O–H groups in total. The van der Waals surface area contributed by atoms with Crippen LogP contribution in [-0.4, -0.2) is 44.7 Å². The van der Waals surface area contributed by atoms with E-state index in [4.69, 9.17) is 4.74 Å². The second kappa shape index (κ2) is 6.75. The summed E-state index contributed by atoms with van der Waals surface area (Å²) in [5.74, 6) is 0.264. The molecule has 1 fully saturated rings. The van der Waals surface area contributed by atoms with Crippen molar-refractivity contribution in [3.05, 3.63) is 0 Å². The minimum absolute atomic E-state index is 0.0342. The molecular formula is C15H31NO3S. The molecule has 0 spiro atoms. The quantitative estimate of drug-likeness (QED) is 0.818. The van der Waals surface area contributed by atoms with E-state index in [1.165, 1.54) is 0 Å². The number of hydrogen-bond acceptors (Lipinski definition) is 4. The van der Waals surface area contributed by atoms with Gasteiger partial charge in [0.05, 0.1) is 17.6 Å². The predicted octanol–water partition coefficient (Wildman–Crippen LogP) is 2.38. The van der Waals surface area contributed by atoms with E-state index in [-0.39, 0.29) is 22.0 Å². The fraction of sp³-hybridized carbons (Fsp3) is 1.00. The second-order valence-electron chi connectivity index (χ2n) is 7.43. The average Bonchev–Trinajstić information content (AvgIpc) is 2.35. The van der Waals surface area contributed by atoms with Crippen molar-refractivity contribution >= 4 is 9.84 Å². The van der Waals surface area contributed by atoms with Crippen molar-refractivity contribution in [2.45, 2.75) is 64.7 Å². The fourth-order valence-corrected chi connectivity index (χ4v) is 3.57. The molecule has 120 valence electrons. The van der Waals surface area contributed by atoms with Crippen LogP contribution in [0.1, 0.15) is 53.9 Å². The Kier molecular flexibility index (Phi) is 6.05. The summed E-state index contributed by atoms with van der Waals surface area (Å²) in [5.41, 5.74) is 0.00879. The minimum atomic E-state index is -2.97. The predicted molar refractivity (Wildman–Crippen MR) is 83.8 cm³/mol. The van der Waals surface area contributed by atoms with Gasteiger partial charge in [-0.3, -0.25) is 0 Å². The molecule has 20 heavy (non-hydrogen) atoms. The van der Waals surface area contributed by atoms with Crippen LogP contribution in [0.15, 0.2) is 0 Å². The Labute approximate surface area is 124 Å². The van der Waals surface area contributed by atoms with Gasteiger partial charge in [-0.15, -0.1) is 0 Å². The van der Waals surface area contributed by atoms with E-state index in [1.54, 1.807) is 13.8 Å². The summed E-state index contributed by atoms with van der Waals surface area (Å²) in [4.78, 5) is 0. The van der Waals surface area contributed by atoms with Crippen molar-refractivity contribution in [3.63, 3.8) is 0 Å². The van der Waals surface area contributed by atoms with Crippen LogP contribution in [-0.2, 0) is 14.6 Å². The zero-order valence-corrected chi connectivity index (χ0v) is 14.5. The van der Waals surface area contributed by atoms with E-state index in [9.17, 15) is 8.42 Å². The second-order valence-corrected chi connectivity index (χ2v) is 10.1. The Bertz CT molecular complexity index is 390. The topological polar surface area (TPSA) is 55.4 Å². The monoisotopic (exact) mass is 305 g/mol. The van der Waals surface area contributed by atoms with Gasteiger partial charge in [0, 0.05) is 24.1 Å². The van der Waals surface area contributed by atoms with Gasteiger partial charge in [0.15, 0.2) is 9.84 Å². The Morgan fingerprint density at radius 3 is 2.40 bits per heavy atom. The van der Waals surface area contributed by atoms with Gasteiger partial charge < -0.3 is 10.1 Å². The first-order chi connectivity index (χ1) is 9.06.